The lowest BCUT2D eigenvalue weighted by Crippen LogP contribution is -2.32. The zero-order chi connectivity index (χ0) is 17.6. The van der Waals surface area contributed by atoms with Crippen LogP contribution >= 0.6 is 23.2 Å². The van der Waals surface area contributed by atoms with Gasteiger partial charge in [-0.15, -0.1) is 0 Å². The van der Waals surface area contributed by atoms with E-state index < -0.39 is 0 Å². The Kier molecular flexibility index (Phi) is 4.51. The molecule has 130 valence electrons. The highest BCUT2D eigenvalue weighted by Gasteiger charge is 2.47. The molecule has 1 amide bonds. The molecule has 25 heavy (non-hydrogen) atoms. The Bertz CT molecular complexity index is 802. The second-order valence-electron chi connectivity index (χ2n) is 7.30. The van der Waals surface area contributed by atoms with E-state index in [2.05, 4.69) is 36.5 Å². The molecule has 4 rings (SSSR count). The standard InChI is InChI=1S/C21H21Cl2NO/c1-12-2-7-17(19(23)10-12)20-15(13-3-5-14(22)6-4-13)8-9-16-18(20)11-24-21(16)25/h2-7,10,15-16,18,20H,8-9,11H2,1H3,(H,24,25). The van der Waals surface area contributed by atoms with E-state index in [1.54, 1.807) is 0 Å². The Morgan fingerprint density at radius 1 is 1.00 bits per heavy atom. The van der Waals surface area contributed by atoms with Crippen LogP contribution in [-0.4, -0.2) is 12.5 Å². The Morgan fingerprint density at radius 3 is 2.44 bits per heavy atom. The number of nitrogens with one attached hydrogen (secondary N) is 1. The molecular weight excluding hydrogens is 353 g/mol. The fourth-order valence-corrected chi connectivity index (χ4v) is 5.17. The maximum absolute atomic E-state index is 12.3. The number of rotatable bonds is 2. The Balaban J connectivity index is 1.79. The van der Waals surface area contributed by atoms with Gasteiger partial charge in [0.2, 0.25) is 5.91 Å². The van der Waals surface area contributed by atoms with Crippen LogP contribution in [0.2, 0.25) is 10.0 Å². The van der Waals surface area contributed by atoms with Crippen molar-refractivity contribution in [2.45, 2.75) is 31.6 Å². The van der Waals surface area contributed by atoms with E-state index in [0.717, 1.165) is 35.0 Å². The van der Waals surface area contributed by atoms with Crippen molar-refractivity contribution < 1.29 is 4.79 Å². The van der Waals surface area contributed by atoms with E-state index in [4.69, 9.17) is 23.2 Å². The summed E-state index contributed by atoms with van der Waals surface area (Å²) in [4.78, 5) is 12.3. The predicted octanol–water partition coefficient (Wildman–Crippen LogP) is 5.33. The molecule has 0 aromatic heterocycles. The lowest BCUT2D eigenvalue weighted by molar-refractivity contribution is -0.123. The van der Waals surface area contributed by atoms with Crippen molar-refractivity contribution in [3.63, 3.8) is 0 Å². The minimum absolute atomic E-state index is 0.103. The zero-order valence-corrected chi connectivity index (χ0v) is 15.6. The van der Waals surface area contributed by atoms with Crippen molar-refractivity contribution in [2.24, 2.45) is 11.8 Å². The molecule has 2 aromatic carbocycles. The third-order valence-corrected chi connectivity index (χ3v) is 6.44. The summed E-state index contributed by atoms with van der Waals surface area (Å²) in [5, 5.41) is 4.63. The van der Waals surface area contributed by atoms with Gasteiger partial charge in [0, 0.05) is 22.5 Å². The summed E-state index contributed by atoms with van der Waals surface area (Å²) in [7, 11) is 0. The van der Waals surface area contributed by atoms with Crippen LogP contribution in [0.5, 0.6) is 0 Å². The van der Waals surface area contributed by atoms with Crippen LogP contribution in [0.4, 0.5) is 0 Å². The summed E-state index contributed by atoms with van der Waals surface area (Å²) in [5.41, 5.74) is 3.60. The summed E-state index contributed by atoms with van der Waals surface area (Å²) < 4.78 is 0. The first kappa shape index (κ1) is 16.9. The van der Waals surface area contributed by atoms with Crippen LogP contribution < -0.4 is 5.32 Å². The van der Waals surface area contributed by atoms with Gasteiger partial charge in [0.05, 0.1) is 0 Å². The number of hydrogen-bond donors (Lipinski definition) is 1. The van der Waals surface area contributed by atoms with Gasteiger partial charge < -0.3 is 5.32 Å². The van der Waals surface area contributed by atoms with Crippen LogP contribution in [0.15, 0.2) is 42.5 Å². The highest BCUT2D eigenvalue weighted by atomic mass is 35.5. The quantitative estimate of drug-likeness (QED) is 0.757. The van der Waals surface area contributed by atoms with Crippen LogP contribution in [0.1, 0.15) is 41.4 Å². The summed E-state index contributed by atoms with van der Waals surface area (Å²) in [6, 6.07) is 14.4. The first-order chi connectivity index (χ1) is 12.0. The number of hydrogen-bond acceptors (Lipinski definition) is 1. The van der Waals surface area contributed by atoms with E-state index >= 15 is 0 Å². The van der Waals surface area contributed by atoms with Gasteiger partial charge in [-0.3, -0.25) is 4.79 Å². The van der Waals surface area contributed by atoms with E-state index in [0.29, 0.717) is 11.8 Å². The van der Waals surface area contributed by atoms with Crippen LogP contribution in [-0.2, 0) is 4.79 Å². The van der Waals surface area contributed by atoms with Gasteiger partial charge in [0.15, 0.2) is 0 Å². The van der Waals surface area contributed by atoms with Gasteiger partial charge in [-0.1, -0.05) is 47.5 Å². The van der Waals surface area contributed by atoms with Crippen LogP contribution in [0.3, 0.4) is 0 Å². The molecule has 0 spiro atoms. The number of aryl methyl sites for hydroxylation is 1. The fourth-order valence-electron chi connectivity index (χ4n) is 4.68. The molecule has 1 saturated carbocycles. The molecule has 4 atom stereocenters. The Morgan fingerprint density at radius 2 is 1.72 bits per heavy atom. The molecule has 4 heteroatoms. The fraction of sp³-hybridized carbons (Fsp3) is 0.381. The summed E-state index contributed by atoms with van der Waals surface area (Å²) >= 11 is 12.7. The molecule has 1 N–H and O–H groups in total. The van der Waals surface area contributed by atoms with E-state index in [1.807, 2.05) is 18.2 Å². The average Bonchev–Trinajstić information content (AvgIpc) is 2.97. The molecule has 2 aliphatic rings. The van der Waals surface area contributed by atoms with E-state index in [1.165, 1.54) is 11.1 Å². The van der Waals surface area contributed by atoms with Crippen molar-refractivity contribution in [1.82, 2.24) is 5.32 Å². The second kappa shape index (κ2) is 6.66. The SMILES string of the molecule is Cc1ccc(C2C(c3ccc(Cl)cc3)CCC3C(=O)NCC32)c(Cl)c1. The van der Waals surface area contributed by atoms with E-state index in [-0.39, 0.29) is 17.7 Å². The van der Waals surface area contributed by atoms with Crippen molar-refractivity contribution >= 4 is 29.1 Å². The van der Waals surface area contributed by atoms with Gasteiger partial charge in [0.25, 0.3) is 0 Å². The zero-order valence-electron chi connectivity index (χ0n) is 14.1. The van der Waals surface area contributed by atoms with Crippen LogP contribution in [0.25, 0.3) is 0 Å². The highest BCUT2D eigenvalue weighted by molar-refractivity contribution is 6.31. The summed E-state index contributed by atoms with van der Waals surface area (Å²) in [6.07, 6.45) is 1.93. The van der Waals surface area contributed by atoms with Crippen molar-refractivity contribution in [1.29, 1.82) is 0 Å². The summed E-state index contributed by atoms with van der Waals surface area (Å²) in [5.74, 6) is 1.19. The molecule has 2 aromatic rings. The topological polar surface area (TPSA) is 29.1 Å². The molecule has 2 nitrogen and oxygen atoms in total. The number of halogens is 2. The van der Waals surface area contributed by atoms with Crippen molar-refractivity contribution in [3.8, 4) is 0 Å². The Hall–Kier alpha value is -1.51. The Labute approximate surface area is 158 Å². The predicted molar refractivity (Wildman–Crippen MR) is 102 cm³/mol. The smallest absolute Gasteiger partial charge is 0.223 e. The normalized spacial score (nSPS) is 28.5. The summed E-state index contributed by atoms with van der Waals surface area (Å²) in [6.45, 7) is 2.79. The van der Waals surface area contributed by atoms with Crippen molar-refractivity contribution in [3.05, 3.63) is 69.2 Å². The molecule has 1 aliphatic heterocycles. The van der Waals surface area contributed by atoms with Gasteiger partial charge >= 0.3 is 0 Å². The number of carbonyl (C=O) groups is 1. The molecule has 0 radical (unpaired) electrons. The number of carbonyl (C=O) groups excluding carboxylic acids is 1. The molecule has 4 unspecified atom stereocenters. The molecular formula is C21H21Cl2NO. The molecule has 1 saturated heterocycles. The third-order valence-electron chi connectivity index (χ3n) is 5.86. The minimum Gasteiger partial charge on any atom is -0.356 e. The number of amides is 1. The van der Waals surface area contributed by atoms with Gasteiger partial charge in [-0.25, -0.2) is 0 Å². The molecule has 1 heterocycles. The van der Waals surface area contributed by atoms with Gasteiger partial charge in [-0.05, 0) is 72.4 Å². The second-order valence-corrected chi connectivity index (χ2v) is 8.15. The first-order valence-electron chi connectivity index (χ1n) is 8.84. The van der Waals surface area contributed by atoms with E-state index in [9.17, 15) is 4.79 Å². The maximum atomic E-state index is 12.3. The third kappa shape index (κ3) is 3.07. The molecule has 2 fully saturated rings. The van der Waals surface area contributed by atoms with Gasteiger partial charge in [0.1, 0.15) is 0 Å². The molecule has 1 aliphatic carbocycles. The highest BCUT2D eigenvalue weighted by Crippen LogP contribution is 2.52. The van der Waals surface area contributed by atoms with Gasteiger partial charge in [-0.2, -0.15) is 0 Å². The lowest BCUT2D eigenvalue weighted by Gasteiger charge is -2.40. The van der Waals surface area contributed by atoms with Crippen molar-refractivity contribution in [2.75, 3.05) is 6.54 Å². The number of fused-ring (bicyclic) bond motifs is 1. The maximum Gasteiger partial charge on any atom is 0.223 e. The molecule has 0 bridgehead atoms. The largest absolute Gasteiger partial charge is 0.356 e. The monoisotopic (exact) mass is 373 g/mol. The first-order valence-corrected chi connectivity index (χ1v) is 9.59. The van der Waals surface area contributed by atoms with Crippen LogP contribution in [0, 0.1) is 18.8 Å². The minimum atomic E-state index is 0.103. The number of benzene rings is 2. The average molecular weight is 374 g/mol. The lowest BCUT2D eigenvalue weighted by atomic mass is 9.63.